The Morgan fingerprint density at radius 3 is 2.34 bits per heavy atom. The zero-order valence-corrected chi connectivity index (χ0v) is 19.2. The van der Waals surface area contributed by atoms with Gasteiger partial charge in [-0.05, 0) is 54.6 Å². The highest BCUT2D eigenvalue weighted by Crippen LogP contribution is 2.33. The lowest BCUT2D eigenvalue weighted by atomic mass is 10.1. The Balaban J connectivity index is 1.50. The Bertz CT molecular complexity index is 1440. The number of carbonyl (C=O) groups excluding carboxylic acids is 1. The molecule has 35 heavy (non-hydrogen) atoms. The summed E-state index contributed by atoms with van der Waals surface area (Å²) in [5.41, 5.74) is 4.12. The number of anilines is 1. The van der Waals surface area contributed by atoms with E-state index < -0.39 is 0 Å². The first kappa shape index (κ1) is 22.0. The molecule has 2 aromatic heterocycles. The second-order valence-corrected chi connectivity index (χ2v) is 7.71. The van der Waals surface area contributed by atoms with Gasteiger partial charge in [0.05, 0.1) is 25.5 Å². The monoisotopic (exact) mass is 465 g/mol. The zero-order chi connectivity index (χ0) is 24.2. The smallest absolute Gasteiger partial charge is 0.259 e. The molecule has 0 fully saturated rings. The van der Waals surface area contributed by atoms with Crippen molar-refractivity contribution in [2.24, 2.45) is 0 Å². The third-order valence-electron chi connectivity index (χ3n) is 5.55. The lowest BCUT2D eigenvalue weighted by molar-refractivity contribution is 0.102. The van der Waals surface area contributed by atoms with E-state index >= 15 is 0 Å². The zero-order valence-electron chi connectivity index (χ0n) is 19.2. The number of H-pyrrole nitrogens is 1. The summed E-state index contributed by atoms with van der Waals surface area (Å²) in [7, 11) is 3.15. The molecule has 0 radical (unpaired) electrons. The van der Waals surface area contributed by atoms with Crippen molar-refractivity contribution in [2.75, 3.05) is 19.5 Å². The lowest BCUT2D eigenvalue weighted by Crippen LogP contribution is -2.12. The molecular formula is C27H23N5O3. The van der Waals surface area contributed by atoms with E-state index in [4.69, 9.17) is 14.6 Å². The van der Waals surface area contributed by atoms with E-state index in [0.717, 1.165) is 22.6 Å². The van der Waals surface area contributed by atoms with E-state index in [1.165, 1.54) is 0 Å². The number of rotatable bonds is 7. The second-order valence-electron chi connectivity index (χ2n) is 7.71. The molecule has 0 spiro atoms. The van der Waals surface area contributed by atoms with Gasteiger partial charge in [0.25, 0.3) is 5.91 Å². The quantitative estimate of drug-likeness (QED) is 0.345. The van der Waals surface area contributed by atoms with E-state index in [9.17, 15) is 4.79 Å². The van der Waals surface area contributed by atoms with Crippen LogP contribution in [0.4, 0.5) is 5.69 Å². The van der Waals surface area contributed by atoms with Gasteiger partial charge in [0.2, 0.25) is 0 Å². The molecule has 0 atom stereocenters. The molecule has 5 aromatic rings. The summed E-state index contributed by atoms with van der Waals surface area (Å²) in [4.78, 5) is 20.7. The Kier molecular flexibility index (Phi) is 6.00. The van der Waals surface area contributed by atoms with E-state index in [2.05, 4.69) is 15.3 Å². The fourth-order valence-corrected chi connectivity index (χ4v) is 3.78. The Morgan fingerprint density at radius 2 is 1.66 bits per heavy atom. The minimum absolute atomic E-state index is 0.275. The van der Waals surface area contributed by atoms with Crippen molar-refractivity contribution in [2.45, 2.75) is 0 Å². The predicted octanol–water partition coefficient (Wildman–Crippen LogP) is 5.20. The van der Waals surface area contributed by atoms with E-state index in [0.29, 0.717) is 28.4 Å². The number of aromatic nitrogens is 4. The normalized spacial score (nSPS) is 10.7. The van der Waals surface area contributed by atoms with Gasteiger partial charge in [-0.3, -0.25) is 4.79 Å². The van der Waals surface area contributed by atoms with Crippen LogP contribution in [0.5, 0.6) is 11.5 Å². The van der Waals surface area contributed by atoms with Crippen LogP contribution in [0.15, 0.2) is 91.4 Å². The molecule has 2 N–H and O–H groups in total. The molecule has 0 saturated heterocycles. The first-order valence-corrected chi connectivity index (χ1v) is 10.9. The maximum absolute atomic E-state index is 13.4. The summed E-state index contributed by atoms with van der Waals surface area (Å²) in [6.07, 6.45) is 5.20. The number of imidazole rings is 1. The van der Waals surface area contributed by atoms with Crippen LogP contribution in [-0.2, 0) is 0 Å². The largest absolute Gasteiger partial charge is 0.493 e. The fourth-order valence-electron chi connectivity index (χ4n) is 3.78. The van der Waals surface area contributed by atoms with E-state index in [1.54, 1.807) is 43.6 Å². The number of methoxy groups -OCH3 is 2. The number of aromatic amines is 1. The van der Waals surface area contributed by atoms with Crippen LogP contribution in [0.1, 0.15) is 10.4 Å². The van der Waals surface area contributed by atoms with Crippen LogP contribution in [0.3, 0.4) is 0 Å². The number of benzene rings is 3. The molecule has 0 aliphatic carbocycles. The summed E-state index contributed by atoms with van der Waals surface area (Å²) >= 11 is 0. The van der Waals surface area contributed by atoms with Crippen molar-refractivity contribution in [1.29, 1.82) is 0 Å². The van der Waals surface area contributed by atoms with Gasteiger partial charge in [0.15, 0.2) is 11.5 Å². The SMILES string of the molecule is COc1ccc(-c2nn(-c3ccccc3)cc2C(=O)Nc2ccc(-c3ncc[nH]3)cc2)cc1OC. The fraction of sp³-hybridized carbons (Fsp3) is 0.0741. The van der Waals surface area contributed by atoms with Crippen LogP contribution < -0.4 is 14.8 Å². The number of carbonyl (C=O) groups is 1. The number of nitrogens with one attached hydrogen (secondary N) is 2. The molecule has 0 unspecified atom stereocenters. The number of amides is 1. The van der Waals surface area contributed by atoms with Gasteiger partial charge in [-0.15, -0.1) is 0 Å². The maximum atomic E-state index is 13.4. The van der Waals surface area contributed by atoms with E-state index in [-0.39, 0.29) is 5.91 Å². The van der Waals surface area contributed by atoms with Gasteiger partial charge in [0, 0.05) is 35.4 Å². The Hall–Kier alpha value is -4.85. The first-order chi connectivity index (χ1) is 17.2. The number of nitrogens with zero attached hydrogens (tertiary/aromatic N) is 3. The molecule has 0 bridgehead atoms. The summed E-state index contributed by atoms with van der Waals surface area (Å²) in [5, 5.41) is 7.72. The van der Waals surface area contributed by atoms with Gasteiger partial charge in [-0.2, -0.15) is 5.10 Å². The topological polar surface area (TPSA) is 94.1 Å². The molecule has 0 saturated carbocycles. The van der Waals surface area contributed by atoms with Crippen LogP contribution in [0.25, 0.3) is 28.3 Å². The predicted molar refractivity (Wildman–Crippen MR) is 134 cm³/mol. The Morgan fingerprint density at radius 1 is 0.914 bits per heavy atom. The average Bonchev–Trinajstić information content (AvgIpc) is 3.60. The highest BCUT2D eigenvalue weighted by Gasteiger charge is 2.20. The van der Waals surface area contributed by atoms with Gasteiger partial charge in [0.1, 0.15) is 11.5 Å². The van der Waals surface area contributed by atoms with Gasteiger partial charge in [-0.25, -0.2) is 9.67 Å². The average molecular weight is 466 g/mol. The highest BCUT2D eigenvalue weighted by atomic mass is 16.5. The maximum Gasteiger partial charge on any atom is 0.259 e. The number of para-hydroxylation sites is 1. The van der Waals surface area contributed by atoms with E-state index in [1.807, 2.05) is 66.7 Å². The van der Waals surface area contributed by atoms with Crippen molar-refractivity contribution in [3.8, 4) is 39.8 Å². The molecule has 0 aliphatic heterocycles. The van der Waals surface area contributed by atoms with Crippen molar-refractivity contribution in [1.82, 2.24) is 19.7 Å². The summed E-state index contributed by atoms with van der Waals surface area (Å²) in [6, 6.07) is 22.6. The molecule has 0 aliphatic rings. The first-order valence-electron chi connectivity index (χ1n) is 10.9. The third kappa shape index (κ3) is 4.49. The molecule has 3 aromatic carbocycles. The molecule has 8 nitrogen and oxygen atoms in total. The van der Waals surface area contributed by atoms with Crippen LogP contribution >= 0.6 is 0 Å². The molecule has 2 heterocycles. The number of hydrogen-bond acceptors (Lipinski definition) is 5. The number of hydrogen-bond donors (Lipinski definition) is 2. The molecule has 5 rings (SSSR count). The van der Waals surface area contributed by atoms with Crippen LogP contribution in [0, 0.1) is 0 Å². The molecule has 174 valence electrons. The minimum atomic E-state index is -0.275. The second kappa shape index (κ2) is 9.56. The molecular weight excluding hydrogens is 442 g/mol. The molecule has 1 amide bonds. The summed E-state index contributed by atoms with van der Waals surface area (Å²) in [6.45, 7) is 0. The van der Waals surface area contributed by atoms with Gasteiger partial charge >= 0.3 is 0 Å². The minimum Gasteiger partial charge on any atom is -0.493 e. The summed E-state index contributed by atoms with van der Waals surface area (Å²) in [5.74, 6) is 1.64. The van der Waals surface area contributed by atoms with Gasteiger partial charge < -0.3 is 19.8 Å². The van der Waals surface area contributed by atoms with Crippen LogP contribution in [0.2, 0.25) is 0 Å². The number of ether oxygens (including phenoxy) is 2. The standard InChI is InChI=1S/C27H23N5O3/c1-34-23-13-10-19(16-24(23)35-2)25-22(17-32(31-25)21-6-4-3-5-7-21)27(33)30-20-11-8-18(9-12-20)26-28-14-15-29-26/h3-17H,1-2H3,(H,28,29)(H,30,33). The highest BCUT2D eigenvalue weighted by molar-refractivity contribution is 6.08. The van der Waals surface area contributed by atoms with Crippen molar-refractivity contribution >= 4 is 11.6 Å². The van der Waals surface area contributed by atoms with Crippen molar-refractivity contribution in [3.63, 3.8) is 0 Å². The van der Waals surface area contributed by atoms with Gasteiger partial charge in [-0.1, -0.05) is 18.2 Å². The van der Waals surface area contributed by atoms with Crippen molar-refractivity contribution < 1.29 is 14.3 Å². The summed E-state index contributed by atoms with van der Waals surface area (Å²) < 4.78 is 12.5. The third-order valence-corrected chi connectivity index (χ3v) is 5.55. The van der Waals surface area contributed by atoms with Crippen molar-refractivity contribution in [3.05, 3.63) is 97.0 Å². The van der Waals surface area contributed by atoms with Crippen LogP contribution in [-0.4, -0.2) is 39.9 Å². The Labute approximate surface area is 202 Å². The molecule has 8 heteroatoms. The lowest BCUT2D eigenvalue weighted by Gasteiger charge is -2.10.